The fourth-order valence-corrected chi connectivity index (χ4v) is 5.02. The number of anilines is 1. The van der Waals surface area contributed by atoms with Crippen molar-refractivity contribution in [1.82, 2.24) is 14.5 Å². The van der Waals surface area contributed by atoms with Crippen LogP contribution in [0.2, 0.25) is 0 Å². The van der Waals surface area contributed by atoms with E-state index in [4.69, 9.17) is 14.5 Å². The van der Waals surface area contributed by atoms with Gasteiger partial charge in [0.25, 0.3) is 5.91 Å². The van der Waals surface area contributed by atoms with E-state index in [-0.39, 0.29) is 11.9 Å². The molecule has 0 aliphatic carbocycles. The summed E-state index contributed by atoms with van der Waals surface area (Å²) in [4.78, 5) is 24.6. The molecule has 1 atom stereocenters. The van der Waals surface area contributed by atoms with E-state index >= 15 is 0 Å². The van der Waals surface area contributed by atoms with Gasteiger partial charge in [-0.3, -0.25) is 14.4 Å². The van der Waals surface area contributed by atoms with Crippen LogP contribution in [-0.4, -0.2) is 53.3 Å². The lowest BCUT2D eigenvalue weighted by molar-refractivity contribution is -0.167. The van der Waals surface area contributed by atoms with E-state index in [1.54, 1.807) is 20.4 Å². The minimum absolute atomic E-state index is 0.0401. The van der Waals surface area contributed by atoms with Gasteiger partial charge in [0.05, 0.1) is 36.5 Å². The van der Waals surface area contributed by atoms with Crippen molar-refractivity contribution in [1.29, 1.82) is 5.26 Å². The Morgan fingerprint density at radius 1 is 1.40 bits per heavy atom. The van der Waals surface area contributed by atoms with Crippen LogP contribution in [0.1, 0.15) is 53.8 Å². The second kappa shape index (κ2) is 10.0. The zero-order valence-electron chi connectivity index (χ0n) is 20.8. The summed E-state index contributed by atoms with van der Waals surface area (Å²) in [7, 11) is 3.28. The molecule has 1 amide bonds. The lowest BCUT2D eigenvalue weighted by atomic mass is 9.92. The number of fused-ring (bicyclic) bond motifs is 1. The molecule has 2 aliphatic rings. The van der Waals surface area contributed by atoms with Crippen LogP contribution in [0, 0.1) is 18.3 Å². The monoisotopic (exact) mass is 476 g/mol. The Kier molecular flexibility index (Phi) is 7.05. The maximum absolute atomic E-state index is 13.7. The molecule has 1 aromatic heterocycles. The van der Waals surface area contributed by atoms with Gasteiger partial charge >= 0.3 is 0 Å². The number of carbonyl (C=O) groups excluding carboxylic acids is 1. The van der Waals surface area contributed by atoms with Crippen LogP contribution in [0.25, 0.3) is 6.20 Å². The molecule has 184 valence electrons. The van der Waals surface area contributed by atoms with Crippen molar-refractivity contribution >= 4 is 17.9 Å². The fraction of sp³-hybridized carbons (Fsp3) is 0.462. The molecule has 0 unspecified atom stereocenters. The predicted octanol–water partition coefficient (Wildman–Crippen LogP) is 2.91. The van der Waals surface area contributed by atoms with E-state index in [0.29, 0.717) is 56.1 Å². The Bertz CT molecular complexity index is 1250. The molecule has 35 heavy (non-hydrogen) atoms. The summed E-state index contributed by atoms with van der Waals surface area (Å²) in [5.41, 5.74) is 4.06. The molecule has 0 bridgehead atoms. The Balaban J connectivity index is 1.71. The molecule has 1 saturated heterocycles. The molecule has 0 saturated carbocycles. The molecular weight excluding hydrogens is 444 g/mol. The number of nitriles is 1. The van der Waals surface area contributed by atoms with E-state index < -0.39 is 5.60 Å². The smallest absolute Gasteiger partial charge is 0.255 e. The van der Waals surface area contributed by atoms with Gasteiger partial charge in [-0.1, -0.05) is 18.7 Å². The third-order valence-electron chi connectivity index (χ3n) is 7.11. The number of benzene rings is 1. The molecule has 2 aliphatic heterocycles. The SMILES string of the molecule is C=Cn1c2c(c(N[C@H](C)c3cccc(C#N)c3C)nc1=NC)CN(C(=O)C1(OC)CCOCC1)C2. The summed E-state index contributed by atoms with van der Waals surface area (Å²) in [5, 5.41) is 13.0. The zero-order valence-corrected chi connectivity index (χ0v) is 20.8. The van der Waals surface area contributed by atoms with Crippen LogP contribution in [0.4, 0.5) is 5.82 Å². The first kappa shape index (κ1) is 24.6. The van der Waals surface area contributed by atoms with E-state index in [2.05, 4.69) is 23.0 Å². The summed E-state index contributed by atoms with van der Waals surface area (Å²) in [6.45, 7) is 9.73. The Labute approximate surface area is 205 Å². The highest BCUT2D eigenvalue weighted by Crippen LogP contribution is 2.34. The number of nitrogens with zero attached hydrogens (tertiary/aromatic N) is 5. The Hall–Kier alpha value is -3.48. The summed E-state index contributed by atoms with van der Waals surface area (Å²) < 4.78 is 13.1. The van der Waals surface area contributed by atoms with Crippen molar-refractivity contribution in [2.45, 2.75) is 51.4 Å². The third-order valence-corrected chi connectivity index (χ3v) is 7.11. The van der Waals surface area contributed by atoms with Gasteiger partial charge in [0.15, 0.2) is 5.60 Å². The van der Waals surface area contributed by atoms with E-state index in [9.17, 15) is 10.1 Å². The maximum atomic E-state index is 13.7. The third kappa shape index (κ3) is 4.35. The van der Waals surface area contributed by atoms with Crippen LogP contribution in [0.3, 0.4) is 0 Å². The first-order valence-electron chi connectivity index (χ1n) is 11.8. The van der Waals surface area contributed by atoms with Crippen LogP contribution >= 0.6 is 0 Å². The minimum atomic E-state index is -0.875. The van der Waals surface area contributed by atoms with Crippen LogP contribution in [0.15, 0.2) is 29.8 Å². The van der Waals surface area contributed by atoms with Gasteiger partial charge < -0.3 is 19.7 Å². The lowest BCUT2D eigenvalue weighted by Crippen LogP contribution is -2.51. The van der Waals surface area contributed by atoms with Crippen molar-refractivity contribution in [2.24, 2.45) is 4.99 Å². The van der Waals surface area contributed by atoms with Crippen molar-refractivity contribution in [2.75, 3.05) is 32.7 Å². The van der Waals surface area contributed by atoms with E-state index in [1.807, 2.05) is 41.5 Å². The highest BCUT2D eigenvalue weighted by Gasteiger charge is 2.45. The minimum Gasteiger partial charge on any atom is -0.381 e. The number of aromatic nitrogens is 2. The number of nitrogens with one attached hydrogen (secondary N) is 1. The number of methoxy groups -OCH3 is 1. The summed E-state index contributed by atoms with van der Waals surface area (Å²) >= 11 is 0. The van der Waals surface area contributed by atoms with Gasteiger partial charge in [-0.05, 0) is 31.0 Å². The molecule has 9 heteroatoms. The topological polar surface area (TPSA) is 105 Å². The quantitative estimate of drug-likeness (QED) is 0.687. The summed E-state index contributed by atoms with van der Waals surface area (Å²) in [6.07, 6.45) is 2.73. The molecule has 9 nitrogen and oxygen atoms in total. The first-order chi connectivity index (χ1) is 16.9. The van der Waals surface area contributed by atoms with Gasteiger partial charge in [0.1, 0.15) is 5.82 Å². The Morgan fingerprint density at radius 3 is 2.77 bits per heavy atom. The van der Waals surface area contributed by atoms with Crippen molar-refractivity contribution in [3.8, 4) is 6.07 Å². The number of rotatable bonds is 6. The number of carbonyl (C=O) groups is 1. The van der Waals surface area contributed by atoms with Crippen LogP contribution in [-0.2, 0) is 27.4 Å². The normalized spacial score (nSPS) is 18.0. The van der Waals surface area contributed by atoms with Gasteiger partial charge in [-0.25, -0.2) is 0 Å². The second-order valence-electron chi connectivity index (χ2n) is 8.93. The molecule has 3 heterocycles. The van der Waals surface area contributed by atoms with Crippen LogP contribution in [0.5, 0.6) is 0 Å². The standard InChI is InChI=1S/C26H32N6O3/c1-6-32-22-16-31(24(33)26(34-5)10-12-35-13-11-26)15-21(22)23(30-25(32)28-4)29-18(3)20-9-7-8-19(14-27)17(20)2/h6-9,18H,1,10-13,15-16H2,2-5H3,(H,28,29,30)/t18-/m1/s1. The molecule has 1 N–H and O–H groups in total. The molecule has 1 aromatic carbocycles. The van der Waals surface area contributed by atoms with Gasteiger partial charge in [-0.2, -0.15) is 10.2 Å². The number of amides is 1. The summed E-state index contributed by atoms with van der Waals surface area (Å²) in [6, 6.07) is 7.85. The van der Waals surface area contributed by atoms with Gasteiger partial charge in [-0.15, -0.1) is 0 Å². The molecule has 0 radical (unpaired) electrons. The second-order valence-corrected chi connectivity index (χ2v) is 8.93. The van der Waals surface area contributed by atoms with E-state index in [1.165, 1.54) is 0 Å². The molecular formula is C26H32N6O3. The average molecular weight is 477 g/mol. The van der Waals surface area contributed by atoms with Crippen molar-refractivity contribution in [3.63, 3.8) is 0 Å². The number of ether oxygens (including phenoxy) is 2. The summed E-state index contributed by atoms with van der Waals surface area (Å²) in [5.74, 6) is 0.628. The van der Waals surface area contributed by atoms with Gasteiger partial charge in [0, 0.05) is 52.0 Å². The van der Waals surface area contributed by atoms with Gasteiger partial charge in [0.2, 0.25) is 5.62 Å². The number of hydrogen-bond acceptors (Lipinski definition) is 7. The molecule has 2 aromatic rings. The van der Waals surface area contributed by atoms with Crippen molar-refractivity contribution in [3.05, 3.63) is 58.3 Å². The van der Waals surface area contributed by atoms with Crippen molar-refractivity contribution < 1.29 is 14.3 Å². The molecule has 4 rings (SSSR count). The maximum Gasteiger partial charge on any atom is 0.255 e. The highest BCUT2D eigenvalue weighted by atomic mass is 16.5. The van der Waals surface area contributed by atoms with Crippen LogP contribution < -0.4 is 10.9 Å². The fourth-order valence-electron chi connectivity index (χ4n) is 5.02. The molecule has 1 fully saturated rings. The largest absolute Gasteiger partial charge is 0.381 e. The Morgan fingerprint density at radius 2 is 2.14 bits per heavy atom. The number of hydrogen-bond donors (Lipinski definition) is 1. The zero-order chi connectivity index (χ0) is 25.2. The molecule has 0 spiro atoms. The van der Waals surface area contributed by atoms with E-state index in [0.717, 1.165) is 22.4 Å². The lowest BCUT2D eigenvalue weighted by Gasteiger charge is -2.37. The predicted molar refractivity (Wildman–Crippen MR) is 132 cm³/mol. The highest BCUT2D eigenvalue weighted by molar-refractivity contribution is 5.86. The average Bonchev–Trinajstić information content (AvgIpc) is 3.34. The first-order valence-corrected chi connectivity index (χ1v) is 11.8.